The van der Waals surface area contributed by atoms with Crippen molar-refractivity contribution in [3.63, 3.8) is 0 Å². The van der Waals surface area contributed by atoms with Crippen molar-refractivity contribution >= 4 is 10.1 Å². The second-order valence-electron chi connectivity index (χ2n) is 2.79. The van der Waals surface area contributed by atoms with Gasteiger partial charge in [0.1, 0.15) is 6.61 Å². The number of benzene rings is 1. The fourth-order valence-electron chi connectivity index (χ4n) is 0.917. The van der Waals surface area contributed by atoms with Crippen LogP contribution in [0.3, 0.4) is 0 Å². The highest BCUT2D eigenvalue weighted by Gasteiger charge is 2.13. The van der Waals surface area contributed by atoms with Gasteiger partial charge in [0.2, 0.25) is 0 Å². The van der Waals surface area contributed by atoms with E-state index in [0.717, 1.165) is 5.56 Å². The Morgan fingerprint density at radius 2 is 1.79 bits per heavy atom. The summed E-state index contributed by atoms with van der Waals surface area (Å²) in [5, 5.41) is 10.1. The minimum atomic E-state index is -3.74. The van der Waals surface area contributed by atoms with Gasteiger partial charge in [0.15, 0.2) is 0 Å². The second kappa shape index (κ2) is 4.54. The molecular formula is C9H11O4S. The molecule has 1 aromatic rings. The van der Waals surface area contributed by atoms with Gasteiger partial charge in [-0.3, -0.25) is 4.18 Å². The van der Waals surface area contributed by atoms with Gasteiger partial charge in [-0.05, 0) is 19.1 Å². The number of hydrogen-bond donors (Lipinski definition) is 0. The molecule has 0 aliphatic rings. The van der Waals surface area contributed by atoms with Crippen molar-refractivity contribution in [1.29, 1.82) is 0 Å². The van der Waals surface area contributed by atoms with Crippen LogP contribution in [0.1, 0.15) is 5.56 Å². The van der Waals surface area contributed by atoms with E-state index in [-0.39, 0.29) is 11.5 Å². The first-order valence-electron chi connectivity index (χ1n) is 4.10. The van der Waals surface area contributed by atoms with Crippen molar-refractivity contribution in [2.24, 2.45) is 0 Å². The summed E-state index contributed by atoms with van der Waals surface area (Å²) in [5.74, 6) is 0. The fraction of sp³-hybridized carbons (Fsp3) is 0.333. The molecule has 0 heterocycles. The average molecular weight is 215 g/mol. The van der Waals surface area contributed by atoms with Crippen LogP contribution < -0.4 is 0 Å². The third kappa shape index (κ3) is 2.80. The van der Waals surface area contributed by atoms with Gasteiger partial charge in [0.25, 0.3) is 10.1 Å². The molecule has 77 valence electrons. The summed E-state index contributed by atoms with van der Waals surface area (Å²) in [7, 11) is -3.74. The summed E-state index contributed by atoms with van der Waals surface area (Å²) < 4.78 is 27.1. The molecule has 4 nitrogen and oxygen atoms in total. The van der Waals surface area contributed by atoms with E-state index in [9.17, 15) is 13.5 Å². The van der Waals surface area contributed by atoms with Gasteiger partial charge in [-0.25, -0.2) is 5.11 Å². The smallest absolute Gasteiger partial charge is 0.264 e. The molecule has 0 amide bonds. The first kappa shape index (κ1) is 11.2. The molecule has 1 rings (SSSR count). The Kier molecular flexibility index (Phi) is 3.62. The van der Waals surface area contributed by atoms with E-state index < -0.39 is 16.7 Å². The second-order valence-corrected chi connectivity index (χ2v) is 4.41. The molecule has 0 aliphatic heterocycles. The maximum Gasteiger partial charge on any atom is 0.297 e. The van der Waals surface area contributed by atoms with Gasteiger partial charge in [-0.1, -0.05) is 17.7 Å². The van der Waals surface area contributed by atoms with Crippen LogP contribution in [0.4, 0.5) is 0 Å². The summed E-state index contributed by atoms with van der Waals surface area (Å²) in [6.45, 7) is 0.968. The summed E-state index contributed by atoms with van der Waals surface area (Å²) in [4.78, 5) is 0.0801. The van der Waals surface area contributed by atoms with Crippen molar-refractivity contribution in [2.45, 2.75) is 11.8 Å². The van der Waals surface area contributed by atoms with E-state index in [1.165, 1.54) is 12.1 Å². The summed E-state index contributed by atoms with van der Waals surface area (Å²) in [6, 6.07) is 6.26. The van der Waals surface area contributed by atoms with Crippen molar-refractivity contribution in [2.75, 3.05) is 13.2 Å². The summed E-state index contributed by atoms with van der Waals surface area (Å²) in [5.41, 5.74) is 0.966. The van der Waals surface area contributed by atoms with Crippen LogP contribution in [0.25, 0.3) is 0 Å². The lowest BCUT2D eigenvalue weighted by atomic mass is 10.2. The Morgan fingerprint density at radius 3 is 2.29 bits per heavy atom. The lowest BCUT2D eigenvalue weighted by Gasteiger charge is -2.03. The molecule has 0 bridgehead atoms. The normalized spacial score (nSPS) is 11.6. The molecule has 0 aliphatic carbocycles. The predicted octanol–water partition coefficient (Wildman–Crippen LogP) is 1.13. The first-order valence-corrected chi connectivity index (χ1v) is 5.51. The van der Waals surface area contributed by atoms with Crippen LogP contribution in [-0.2, 0) is 19.4 Å². The third-order valence-corrected chi connectivity index (χ3v) is 2.96. The van der Waals surface area contributed by atoms with Crippen LogP contribution in [0.2, 0.25) is 0 Å². The molecular weight excluding hydrogens is 204 g/mol. The largest absolute Gasteiger partial charge is 0.297 e. The summed E-state index contributed by atoms with van der Waals surface area (Å²) >= 11 is 0. The highest BCUT2D eigenvalue weighted by atomic mass is 32.2. The highest BCUT2D eigenvalue weighted by molar-refractivity contribution is 7.86. The van der Waals surface area contributed by atoms with Crippen molar-refractivity contribution in [3.05, 3.63) is 29.8 Å². The van der Waals surface area contributed by atoms with Crippen molar-refractivity contribution in [3.8, 4) is 0 Å². The lowest BCUT2D eigenvalue weighted by Crippen LogP contribution is -2.09. The topological polar surface area (TPSA) is 63.3 Å². The number of hydrogen-bond acceptors (Lipinski definition) is 3. The first-order chi connectivity index (χ1) is 6.56. The maximum absolute atomic E-state index is 11.3. The monoisotopic (exact) mass is 215 g/mol. The molecule has 0 N–H and O–H groups in total. The lowest BCUT2D eigenvalue weighted by molar-refractivity contribution is 0.141. The van der Waals surface area contributed by atoms with Gasteiger partial charge in [-0.2, -0.15) is 8.42 Å². The minimum absolute atomic E-state index is 0.0801. The Morgan fingerprint density at radius 1 is 1.21 bits per heavy atom. The Bertz CT molecular complexity index is 380. The quantitative estimate of drug-likeness (QED) is 0.707. The van der Waals surface area contributed by atoms with E-state index in [4.69, 9.17) is 0 Å². The Hall–Kier alpha value is -0.910. The molecule has 0 fully saturated rings. The standard InChI is InChI=1S/C9H11O4S/c1-8-2-4-9(5-3-8)14(11,12)13-7-6-10/h2-5H,6-7H2,1H3. The average Bonchev–Trinajstić information content (AvgIpc) is 2.16. The maximum atomic E-state index is 11.3. The molecule has 0 unspecified atom stereocenters. The summed E-state index contributed by atoms with van der Waals surface area (Å²) in [6.07, 6.45) is 0. The van der Waals surface area contributed by atoms with Crippen LogP contribution in [0.15, 0.2) is 29.2 Å². The molecule has 0 atom stereocenters. The molecule has 1 aromatic carbocycles. The number of rotatable bonds is 4. The fourth-order valence-corrected chi connectivity index (χ4v) is 1.81. The zero-order valence-corrected chi connectivity index (χ0v) is 8.58. The third-order valence-electron chi connectivity index (χ3n) is 1.63. The van der Waals surface area contributed by atoms with Crippen LogP contribution in [0, 0.1) is 6.92 Å². The molecule has 0 saturated carbocycles. The zero-order valence-electron chi connectivity index (χ0n) is 7.76. The van der Waals surface area contributed by atoms with Gasteiger partial charge in [-0.15, -0.1) is 0 Å². The predicted molar refractivity (Wildman–Crippen MR) is 49.9 cm³/mol. The minimum Gasteiger partial charge on any atom is -0.264 e. The van der Waals surface area contributed by atoms with Crippen molar-refractivity contribution < 1.29 is 17.7 Å². The SMILES string of the molecule is Cc1ccc(S(=O)(=O)OCC[O])cc1. The van der Waals surface area contributed by atoms with E-state index in [2.05, 4.69) is 4.18 Å². The van der Waals surface area contributed by atoms with Crippen molar-refractivity contribution in [1.82, 2.24) is 0 Å². The van der Waals surface area contributed by atoms with Gasteiger partial charge < -0.3 is 0 Å². The van der Waals surface area contributed by atoms with E-state index in [0.29, 0.717) is 0 Å². The highest BCUT2D eigenvalue weighted by Crippen LogP contribution is 2.12. The molecule has 0 aromatic heterocycles. The molecule has 0 saturated heterocycles. The number of aryl methyl sites for hydroxylation is 1. The van der Waals surface area contributed by atoms with Gasteiger partial charge in [0.05, 0.1) is 11.5 Å². The molecule has 14 heavy (non-hydrogen) atoms. The van der Waals surface area contributed by atoms with E-state index >= 15 is 0 Å². The van der Waals surface area contributed by atoms with Crippen LogP contribution in [-0.4, -0.2) is 21.6 Å². The molecule has 5 heteroatoms. The Labute approximate surface area is 83.3 Å². The van der Waals surface area contributed by atoms with E-state index in [1.54, 1.807) is 12.1 Å². The van der Waals surface area contributed by atoms with Gasteiger partial charge >= 0.3 is 0 Å². The van der Waals surface area contributed by atoms with Gasteiger partial charge in [0, 0.05) is 0 Å². The molecule has 1 radical (unpaired) electrons. The van der Waals surface area contributed by atoms with E-state index in [1.807, 2.05) is 6.92 Å². The van der Waals surface area contributed by atoms with Crippen LogP contribution >= 0.6 is 0 Å². The molecule has 0 spiro atoms. The Balaban J connectivity index is 2.87. The zero-order chi connectivity index (χ0) is 10.6. The van der Waals surface area contributed by atoms with Crippen LogP contribution in [0.5, 0.6) is 0 Å².